The number of carbonyl (C=O) groups excluding carboxylic acids is 2. The second kappa shape index (κ2) is 8.89. The van der Waals surface area contributed by atoms with Gasteiger partial charge in [0, 0.05) is 0 Å². The predicted octanol–water partition coefficient (Wildman–Crippen LogP) is 2.07. The van der Waals surface area contributed by atoms with Crippen molar-refractivity contribution in [3.8, 4) is 23.3 Å². The number of methoxy groups -OCH3 is 1. The average Bonchev–Trinajstić information content (AvgIpc) is 2.66. The number of nitrogens with two attached hydrogens (primary N) is 1. The summed E-state index contributed by atoms with van der Waals surface area (Å²) in [5, 5.41) is 8.88. The molecule has 2 rings (SSSR count). The van der Waals surface area contributed by atoms with Crippen LogP contribution in [-0.4, -0.2) is 25.6 Å². The topological polar surface area (TPSA) is 112 Å². The van der Waals surface area contributed by atoms with Crippen molar-refractivity contribution in [3.05, 3.63) is 59.7 Å². The molecule has 1 amide bonds. The molecule has 7 heteroatoms. The van der Waals surface area contributed by atoms with E-state index in [0.29, 0.717) is 11.3 Å². The molecular formula is C19H16N2O5. The van der Waals surface area contributed by atoms with Crippen LogP contribution in [0.3, 0.4) is 0 Å². The van der Waals surface area contributed by atoms with E-state index < -0.39 is 11.9 Å². The van der Waals surface area contributed by atoms with Gasteiger partial charge in [-0.2, -0.15) is 5.26 Å². The number of benzene rings is 2. The summed E-state index contributed by atoms with van der Waals surface area (Å²) in [6.45, 7) is -0.269. The number of para-hydroxylation sites is 1. The lowest BCUT2D eigenvalue weighted by atomic mass is 10.1. The van der Waals surface area contributed by atoms with Crippen molar-refractivity contribution >= 4 is 18.0 Å². The zero-order valence-electron chi connectivity index (χ0n) is 14.0. The quantitative estimate of drug-likeness (QED) is 0.353. The predicted molar refractivity (Wildman–Crippen MR) is 93.4 cm³/mol. The largest absolute Gasteiger partial charge is 0.493 e. The zero-order chi connectivity index (χ0) is 18.9. The average molecular weight is 352 g/mol. The monoisotopic (exact) mass is 352 g/mol. The molecule has 0 saturated carbocycles. The molecule has 26 heavy (non-hydrogen) atoms. The Morgan fingerprint density at radius 3 is 2.50 bits per heavy atom. The minimum Gasteiger partial charge on any atom is -0.493 e. The number of hydrogen-bond acceptors (Lipinski definition) is 6. The van der Waals surface area contributed by atoms with Crippen molar-refractivity contribution in [1.29, 1.82) is 5.26 Å². The van der Waals surface area contributed by atoms with Crippen LogP contribution in [0.5, 0.6) is 17.2 Å². The van der Waals surface area contributed by atoms with Gasteiger partial charge in [-0.3, -0.25) is 4.79 Å². The van der Waals surface area contributed by atoms with E-state index in [9.17, 15) is 9.59 Å². The Morgan fingerprint density at radius 2 is 1.88 bits per heavy atom. The van der Waals surface area contributed by atoms with Gasteiger partial charge < -0.3 is 19.9 Å². The van der Waals surface area contributed by atoms with E-state index in [4.69, 9.17) is 25.2 Å². The summed E-state index contributed by atoms with van der Waals surface area (Å²) in [6, 6.07) is 15.1. The van der Waals surface area contributed by atoms with Crippen molar-refractivity contribution < 1.29 is 23.8 Å². The summed E-state index contributed by atoms with van der Waals surface area (Å²) in [4.78, 5) is 23.0. The van der Waals surface area contributed by atoms with Gasteiger partial charge in [-0.05, 0) is 35.9 Å². The maximum atomic E-state index is 11.9. The number of primary amides is 1. The normalized spacial score (nSPS) is 10.5. The van der Waals surface area contributed by atoms with Crippen LogP contribution in [0.15, 0.2) is 54.1 Å². The number of rotatable bonds is 7. The van der Waals surface area contributed by atoms with Crippen LogP contribution in [0.2, 0.25) is 0 Å². The lowest BCUT2D eigenvalue weighted by Crippen LogP contribution is -2.18. The molecule has 0 fully saturated rings. The number of amides is 1. The van der Waals surface area contributed by atoms with Gasteiger partial charge in [-0.15, -0.1) is 0 Å². The highest BCUT2D eigenvalue weighted by atomic mass is 16.6. The minimum absolute atomic E-state index is 0.184. The molecule has 0 saturated heterocycles. The molecule has 2 N–H and O–H groups in total. The lowest BCUT2D eigenvalue weighted by Gasteiger charge is -2.10. The van der Waals surface area contributed by atoms with Gasteiger partial charge in [-0.1, -0.05) is 24.3 Å². The van der Waals surface area contributed by atoms with Crippen LogP contribution in [0.1, 0.15) is 5.56 Å². The molecule has 0 radical (unpaired) electrons. The first kappa shape index (κ1) is 18.5. The van der Waals surface area contributed by atoms with Gasteiger partial charge in [0.2, 0.25) is 0 Å². The second-order valence-electron chi connectivity index (χ2n) is 5.02. The third-order valence-electron chi connectivity index (χ3n) is 3.21. The van der Waals surface area contributed by atoms with Crippen LogP contribution < -0.4 is 19.9 Å². The SMILES string of the molecule is COc1cc(C=C(C#N)C(N)=O)ccc1OC(=O)COc1ccccc1. The summed E-state index contributed by atoms with van der Waals surface area (Å²) >= 11 is 0. The maximum Gasteiger partial charge on any atom is 0.349 e. The van der Waals surface area contributed by atoms with Gasteiger partial charge in [0.05, 0.1) is 7.11 Å². The van der Waals surface area contributed by atoms with Crippen molar-refractivity contribution in [1.82, 2.24) is 0 Å². The Labute approximate surface area is 150 Å². The Kier molecular flexibility index (Phi) is 6.34. The highest BCUT2D eigenvalue weighted by Crippen LogP contribution is 2.29. The maximum absolute atomic E-state index is 11.9. The van der Waals surface area contributed by atoms with Crippen LogP contribution in [0.25, 0.3) is 6.08 Å². The summed E-state index contributed by atoms with van der Waals surface area (Å²) in [7, 11) is 1.40. The molecule has 0 unspecified atom stereocenters. The van der Waals surface area contributed by atoms with Crippen molar-refractivity contribution in [2.75, 3.05) is 13.7 Å². The van der Waals surface area contributed by atoms with Crippen LogP contribution >= 0.6 is 0 Å². The van der Waals surface area contributed by atoms with Crippen molar-refractivity contribution in [2.24, 2.45) is 5.73 Å². The molecule has 7 nitrogen and oxygen atoms in total. The van der Waals surface area contributed by atoms with E-state index in [1.807, 2.05) is 6.07 Å². The van der Waals surface area contributed by atoms with E-state index in [1.165, 1.54) is 25.3 Å². The highest BCUT2D eigenvalue weighted by Gasteiger charge is 2.12. The Bertz CT molecular complexity index is 869. The molecule has 2 aromatic rings. The van der Waals surface area contributed by atoms with Crippen LogP contribution in [0, 0.1) is 11.3 Å². The highest BCUT2D eigenvalue weighted by molar-refractivity contribution is 6.00. The zero-order valence-corrected chi connectivity index (χ0v) is 14.0. The van der Waals surface area contributed by atoms with E-state index in [2.05, 4.69) is 0 Å². The number of hydrogen-bond donors (Lipinski definition) is 1. The Balaban J connectivity index is 2.08. The number of nitriles is 1. The lowest BCUT2D eigenvalue weighted by molar-refractivity contribution is -0.136. The fourth-order valence-electron chi connectivity index (χ4n) is 1.99. The molecule has 0 atom stereocenters. The molecule has 0 aliphatic rings. The van der Waals surface area contributed by atoms with Gasteiger partial charge in [-0.25, -0.2) is 4.79 Å². The van der Waals surface area contributed by atoms with Crippen LogP contribution in [0.4, 0.5) is 0 Å². The Hall–Kier alpha value is -3.79. The summed E-state index contributed by atoms with van der Waals surface area (Å²) in [6.07, 6.45) is 1.31. The second-order valence-corrected chi connectivity index (χ2v) is 5.02. The molecule has 2 aromatic carbocycles. The first-order valence-corrected chi connectivity index (χ1v) is 7.51. The molecular weight excluding hydrogens is 336 g/mol. The number of esters is 1. The minimum atomic E-state index is -0.833. The molecule has 0 aliphatic carbocycles. The summed E-state index contributed by atoms with van der Waals surface area (Å²) in [5.41, 5.74) is 5.40. The van der Waals surface area contributed by atoms with Crippen molar-refractivity contribution in [3.63, 3.8) is 0 Å². The van der Waals surface area contributed by atoms with Gasteiger partial charge in [0.25, 0.3) is 5.91 Å². The molecule has 0 aromatic heterocycles. The number of ether oxygens (including phenoxy) is 3. The Morgan fingerprint density at radius 1 is 1.15 bits per heavy atom. The first-order chi connectivity index (χ1) is 12.5. The smallest absolute Gasteiger partial charge is 0.349 e. The summed E-state index contributed by atoms with van der Waals surface area (Å²) < 4.78 is 15.7. The van der Waals surface area contributed by atoms with Gasteiger partial charge in [0.15, 0.2) is 18.1 Å². The molecule has 0 heterocycles. The third-order valence-corrected chi connectivity index (χ3v) is 3.21. The van der Waals surface area contributed by atoms with E-state index in [1.54, 1.807) is 36.4 Å². The van der Waals surface area contributed by atoms with Gasteiger partial charge >= 0.3 is 5.97 Å². The fraction of sp³-hybridized carbons (Fsp3) is 0.105. The van der Waals surface area contributed by atoms with E-state index >= 15 is 0 Å². The third kappa shape index (κ3) is 5.11. The molecule has 132 valence electrons. The standard InChI is InChI=1S/C19H16N2O5/c1-24-17-10-13(9-14(11-20)19(21)23)7-8-16(17)26-18(22)12-25-15-5-3-2-4-6-15/h2-10H,12H2,1H3,(H2,21,23). The van der Waals surface area contributed by atoms with Gasteiger partial charge in [0.1, 0.15) is 17.4 Å². The van der Waals surface area contributed by atoms with E-state index in [0.717, 1.165) is 0 Å². The summed E-state index contributed by atoms with van der Waals surface area (Å²) in [5.74, 6) is -0.449. The van der Waals surface area contributed by atoms with Crippen LogP contribution in [-0.2, 0) is 9.59 Å². The fourth-order valence-corrected chi connectivity index (χ4v) is 1.99. The van der Waals surface area contributed by atoms with Crippen molar-refractivity contribution in [2.45, 2.75) is 0 Å². The first-order valence-electron chi connectivity index (χ1n) is 7.51. The molecule has 0 bridgehead atoms. The molecule has 0 spiro atoms. The van der Waals surface area contributed by atoms with E-state index in [-0.39, 0.29) is 23.7 Å². The number of carbonyl (C=O) groups is 2. The molecule has 0 aliphatic heterocycles. The number of nitrogens with zero attached hydrogens (tertiary/aromatic N) is 1.